The number of ether oxygens (including phenoxy) is 1. The second kappa shape index (κ2) is 9.03. The average Bonchev–Trinajstić information content (AvgIpc) is 3.37. The fourth-order valence-corrected chi connectivity index (χ4v) is 5.16. The predicted molar refractivity (Wildman–Crippen MR) is 128 cm³/mol. The van der Waals surface area contributed by atoms with Crippen LogP contribution >= 0.6 is 0 Å². The Labute approximate surface area is 206 Å². The van der Waals surface area contributed by atoms with Crippen LogP contribution in [0.25, 0.3) is 0 Å². The number of allylic oxidation sites excluding steroid dienone is 2. The van der Waals surface area contributed by atoms with E-state index in [2.05, 4.69) is 0 Å². The van der Waals surface area contributed by atoms with Crippen molar-refractivity contribution in [3.05, 3.63) is 70.8 Å². The van der Waals surface area contributed by atoms with Crippen LogP contribution in [0.4, 0.5) is 17.1 Å². The fraction of sp³-hybridized carbons (Fsp3) is 0.308. The summed E-state index contributed by atoms with van der Waals surface area (Å²) >= 11 is 0. The molecule has 0 saturated carbocycles. The number of hydrogen-bond donors (Lipinski definition) is 0. The fourth-order valence-electron chi connectivity index (χ4n) is 5.16. The molecule has 3 amide bonds. The number of benzene rings is 2. The summed E-state index contributed by atoms with van der Waals surface area (Å²) in [6, 6.07) is 11.8. The van der Waals surface area contributed by atoms with Crippen LogP contribution in [0.2, 0.25) is 0 Å². The molecule has 2 aromatic rings. The van der Waals surface area contributed by atoms with Gasteiger partial charge in [0.1, 0.15) is 5.75 Å². The van der Waals surface area contributed by atoms with E-state index in [0.717, 1.165) is 0 Å². The van der Waals surface area contributed by atoms with Crippen molar-refractivity contribution in [3.63, 3.8) is 0 Å². The molecule has 2 aliphatic heterocycles. The highest BCUT2D eigenvalue weighted by atomic mass is 16.6. The van der Waals surface area contributed by atoms with Gasteiger partial charge < -0.3 is 9.64 Å². The van der Waals surface area contributed by atoms with Gasteiger partial charge in [0.2, 0.25) is 17.7 Å². The Hall–Kier alpha value is -4.34. The van der Waals surface area contributed by atoms with Gasteiger partial charge in [0, 0.05) is 36.9 Å². The highest BCUT2D eigenvalue weighted by Crippen LogP contribution is 2.41. The highest BCUT2D eigenvalue weighted by molar-refractivity contribution is 6.22. The lowest BCUT2D eigenvalue weighted by atomic mass is 9.78. The monoisotopic (exact) mass is 489 g/mol. The minimum Gasteiger partial charge on any atom is -0.426 e. The Kier molecular flexibility index (Phi) is 5.87. The number of esters is 1. The van der Waals surface area contributed by atoms with Crippen LogP contribution in [0.5, 0.6) is 5.75 Å². The van der Waals surface area contributed by atoms with E-state index in [-0.39, 0.29) is 48.0 Å². The molecular formula is C26H23N3O7. The van der Waals surface area contributed by atoms with Crippen LogP contribution < -0.4 is 14.5 Å². The van der Waals surface area contributed by atoms with Gasteiger partial charge in [-0.1, -0.05) is 25.1 Å². The van der Waals surface area contributed by atoms with E-state index >= 15 is 0 Å². The first-order valence-corrected chi connectivity index (χ1v) is 11.7. The molecule has 1 aliphatic carbocycles. The third-order valence-corrected chi connectivity index (χ3v) is 7.00. The van der Waals surface area contributed by atoms with Gasteiger partial charge in [0.25, 0.3) is 5.69 Å². The number of nitro benzene ring substituents is 1. The number of nitro groups is 1. The van der Waals surface area contributed by atoms with E-state index in [1.54, 1.807) is 18.2 Å². The van der Waals surface area contributed by atoms with Gasteiger partial charge in [-0.05, 0) is 36.6 Å². The molecule has 0 N–H and O–H groups in total. The normalized spacial score (nSPS) is 25.3. The second-order valence-corrected chi connectivity index (χ2v) is 9.26. The van der Waals surface area contributed by atoms with E-state index in [0.29, 0.717) is 17.8 Å². The zero-order valence-corrected chi connectivity index (χ0v) is 19.4. The van der Waals surface area contributed by atoms with Crippen LogP contribution in [0.1, 0.15) is 19.8 Å². The number of amides is 3. The molecule has 2 saturated heterocycles. The van der Waals surface area contributed by atoms with Gasteiger partial charge >= 0.3 is 5.97 Å². The number of nitrogens with zero attached hydrogens (tertiary/aromatic N) is 3. The van der Waals surface area contributed by atoms with Gasteiger partial charge in [-0.3, -0.25) is 29.3 Å². The Morgan fingerprint density at radius 3 is 2.50 bits per heavy atom. The third-order valence-electron chi connectivity index (χ3n) is 7.00. The molecule has 0 bridgehead atoms. The Morgan fingerprint density at radius 1 is 1.06 bits per heavy atom. The largest absolute Gasteiger partial charge is 0.426 e. The zero-order chi connectivity index (χ0) is 25.6. The van der Waals surface area contributed by atoms with Crippen molar-refractivity contribution in [2.75, 3.05) is 16.3 Å². The standard InChI is InChI=1S/C26H23N3O7/c1-15-4-2-7-21-23(15)25(32)28(24(21)31)19-5-3-6-20(13-19)36-26(33)16-12-22(30)27(14-16)17-8-10-18(11-9-17)29(34)35/h2-6,8-11,13,15-16,21,23H,7,12,14H2,1H3/t15-,16+,21+,23-/m1/s1. The number of rotatable bonds is 5. The Bertz CT molecular complexity index is 1300. The lowest BCUT2D eigenvalue weighted by Gasteiger charge is -2.22. The Balaban J connectivity index is 1.28. The summed E-state index contributed by atoms with van der Waals surface area (Å²) in [6.45, 7) is 2.00. The summed E-state index contributed by atoms with van der Waals surface area (Å²) < 4.78 is 5.52. The first kappa shape index (κ1) is 23.4. The minimum absolute atomic E-state index is 0.0372. The van der Waals surface area contributed by atoms with Gasteiger partial charge in [0.05, 0.1) is 28.4 Å². The van der Waals surface area contributed by atoms with Crippen molar-refractivity contribution >= 4 is 40.8 Å². The molecule has 2 fully saturated rings. The second-order valence-electron chi connectivity index (χ2n) is 9.26. The van der Waals surface area contributed by atoms with Gasteiger partial charge in [0.15, 0.2) is 0 Å². The summed E-state index contributed by atoms with van der Waals surface area (Å²) in [4.78, 5) is 64.3. The summed E-state index contributed by atoms with van der Waals surface area (Å²) in [5, 5.41) is 10.9. The van der Waals surface area contributed by atoms with E-state index in [4.69, 9.17) is 4.74 Å². The molecule has 3 aliphatic rings. The molecule has 10 nitrogen and oxygen atoms in total. The average molecular weight is 489 g/mol. The summed E-state index contributed by atoms with van der Waals surface area (Å²) in [5.74, 6) is -2.82. The van der Waals surface area contributed by atoms with E-state index in [9.17, 15) is 29.3 Å². The summed E-state index contributed by atoms with van der Waals surface area (Å²) in [5.41, 5.74) is 0.701. The van der Waals surface area contributed by atoms with Crippen LogP contribution in [0, 0.1) is 33.8 Å². The first-order valence-electron chi connectivity index (χ1n) is 11.7. The predicted octanol–water partition coefficient (Wildman–Crippen LogP) is 3.25. The zero-order valence-electron chi connectivity index (χ0n) is 19.4. The number of anilines is 2. The van der Waals surface area contributed by atoms with E-state index in [1.165, 1.54) is 40.1 Å². The van der Waals surface area contributed by atoms with E-state index in [1.807, 2.05) is 19.1 Å². The molecule has 36 heavy (non-hydrogen) atoms. The van der Waals surface area contributed by atoms with Crippen LogP contribution in [-0.2, 0) is 19.2 Å². The maximum Gasteiger partial charge on any atom is 0.316 e. The first-order chi connectivity index (χ1) is 17.2. The molecule has 5 rings (SSSR count). The topological polar surface area (TPSA) is 127 Å². The van der Waals surface area contributed by atoms with Crippen molar-refractivity contribution in [3.8, 4) is 5.75 Å². The molecule has 0 aromatic heterocycles. The maximum absolute atomic E-state index is 13.1. The van der Waals surface area contributed by atoms with Crippen molar-refractivity contribution in [1.29, 1.82) is 0 Å². The lowest BCUT2D eigenvalue weighted by Crippen LogP contribution is -2.31. The number of carbonyl (C=O) groups excluding carboxylic acids is 4. The van der Waals surface area contributed by atoms with Crippen molar-refractivity contribution in [2.24, 2.45) is 23.7 Å². The molecule has 10 heteroatoms. The highest BCUT2D eigenvalue weighted by Gasteiger charge is 2.50. The van der Waals surface area contributed by atoms with Gasteiger partial charge in [-0.25, -0.2) is 4.90 Å². The molecule has 4 atom stereocenters. The maximum atomic E-state index is 13.1. The molecule has 2 heterocycles. The van der Waals surface area contributed by atoms with Crippen LogP contribution in [0.15, 0.2) is 60.7 Å². The van der Waals surface area contributed by atoms with Crippen molar-refractivity contribution in [2.45, 2.75) is 19.8 Å². The minimum atomic E-state index is -0.735. The number of fused-ring (bicyclic) bond motifs is 1. The molecule has 2 aromatic carbocycles. The molecule has 0 radical (unpaired) electrons. The SMILES string of the molecule is C[C@@H]1C=CC[C@@H]2C(=O)N(c3cccc(OC(=O)[C@H]4CC(=O)N(c5ccc([N+](=O)[O-])cc5)C4)c3)C(=O)[C@H]12. The Morgan fingerprint density at radius 2 is 1.81 bits per heavy atom. The van der Waals surface area contributed by atoms with E-state index < -0.39 is 28.6 Å². The van der Waals surface area contributed by atoms with Crippen LogP contribution in [0.3, 0.4) is 0 Å². The molecule has 0 unspecified atom stereocenters. The summed E-state index contributed by atoms with van der Waals surface area (Å²) in [6.07, 6.45) is 4.34. The third kappa shape index (κ3) is 4.04. The number of carbonyl (C=O) groups is 4. The summed E-state index contributed by atoms with van der Waals surface area (Å²) in [7, 11) is 0. The molecular weight excluding hydrogens is 466 g/mol. The van der Waals surface area contributed by atoms with Crippen molar-refractivity contribution < 1.29 is 28.8 Å². The smallest absolute Gasteiger partial charge is 0.316 e. The molecule has 184 valence electrons. The lowest BCUT2D eigenvalue weighted by molar-refractivity contribution is -0.384. The van der Waals surface area contributed by atoms with Crippen LogP contribution in [-0.4, -0.2) is 35.2 Å². The van der Waals surface area contributed by atoms with Gasteiger partial charge in [-0.15, -0.1) is 0 Å². The number of hydrogen-bond acceptors (Lipinski definition) is 7. The van der Waals surface area contributed by atoms with Crippen molar-refractivity contribution in [1.82, 2.24) is 0 Å². The quantitative estimate of drug-likeness (QED) is 0.158. The van der Waals surface area contributed by atoms with Gasteiger partial charge in [-0.2, -0.15) is 0 Å². The number of non-ortho nitro benzene ring substituents is 1. The molecule has 0 spiro atoms. The number of imide groups is 1.